The van der Waals surface area contributed by atoms with E-state index >= 15 is 0 Å². The normalized spacial score (nSPS) is 12.1. The van der Waals surface area contributed by atoms with E-state index < -0.39 is 0 Å². The summed E-state index contributed by atoms with van der Waals surface area (Å²) in [6.07, 6.45) is 4.45. The van der Waals surface area contributed by atoms with Crippen LogP contribution < -0.4 is 4.74 Å². The second-order valence-electron chi connectivity index (χ2n) is 5.30. The highest BCUT2D eigenvalue weighted by Crippen LogP contribution is 2.32. The molecule has 1 N–H and O–H groups in total. The van der Waals surface area contributed by atoms with Crippen LogP contribution in [0.15, 0.2) is 60.7 Å². The highest BCUT2D eigenvalue weighted by atomic mass is 16.5. The van der Waals surface area contributed by atoms with Crippen molar-refractivity contribution in [3.05, 3.63) is 71.8 Å². The zero-order valence-corrected chi connectivity index (χ0v) is 14.2. The van der Waals surface area contributed by atoms with Crippen LogP contribution in [0.5, 0.6) is 11.5 Å². The van der Waals surface area contributed by atoms with Gasteiger partial charge in [0.05, 0.1) is 0 Å². The maximum absolute atomic E-state index is 11.4. The molecule has 0 saturated heterocycles. The molecule has 3 nitrogen and oxygen atoms in total. The van der Waals surface area contributed by atoms with Crippen LogP contribution in [0.2, 0.25) is 0 Å². The van der Waals surface area contributed by atoms with Crippen molar-refractivity contribution in [3.63, 3.8) is 0 Å². The molecule has 0 unspecified atom stereocenters. The van der Waals surface area contributed by atoms with Gasteiger partial charge in [0.25, 0.3) is 0 Å². The molecular formula is C21H22O3. The molecule has 2 aromatic rings. The fraction of sp³-hybridized carbons (Fsp3) is 0.190. The Bertz CT molecular complexity index is 751. The Morgan fingerprint density at radius 2 is 1.38 bits per heavy atom. The molecule has 0 saturated carbocycles. The number of esters is 1. The highest BCUT2D eigenvalue weighted by molar-refractivity contribution is 6.04. The lowest BCUT2D eigenvalue weighted by Gasteiger charge is -2.13. The topological polar surface area (TPSA) is 46.5 Å². The molecule has 0 radical (unpaired) electrons. The highest BCUT2D eigenvalue weighted by Gasteiger charge is 2.10. The first-order chi connectivity index (χ1) is 11.6. The Morgan fingerprint density at radius 1 is 0.917 bits per heavy atom. The van der Waals surface area contributed by atoms with E-state index in [4.69, 9.17) is 4.74 Å². The maximum atomic E-state index is 11.4. The van der Waals surface area contributed by atoms with Gasteiger partial charge in [-0.15, -0.1) is 0 Å². The molecule has 0 aliphatic heterocycles. The van der Waals surface area contributed by atoms with E-state index in [0.29, 0.717) is 12.2 Å². The second kappa shape index (κ2) is 8.16. The van der Waals surface area contributed by atoms with Crippen molar-refractivity contribution in [2.45, 2.75) is 27.2 Å². The summed E-state index contributed by atoms with van der Waals surface area (Å²) in [5.41, 5.74) is 4.23. The average Bonchev–Trinajstić information content (AvgIpc) is 2.61. The van der Waals surface area contributed by atoms with Crippen LogP contribution in [0.25, 0.3) is 11.1 Å². The van der Waals surface area contributed by atoms with Gasteiger partial charge in [-0.3, -0.25) is 4.79 Å². The van der Waals surface area contributed by atoms with Gasteiger partial charge in [-0.2, -0.15) is 0 Å². The van der Waals surface area contributed by atoms with Crippen molar-refractivity contribution in [2.24, 2.45) is 0 Å². The number of carbonyl (C=O) groups is 1. The third kappa shape index (κ3) is 4.13. The molecule has 2 rings (SSSR count). The van der Waals surface area contributed by atoms with Gasteiger partial charge < -0.3 is 9.84 Å². The number of phenolic OH excluding ortho intramolecular Hbond substituents is 1. The van der Waals surface area contributed by atoms with Gasteiger partial charge >= 0.3 is 5.97 Å². The molecule has 2 aromatic carbocycles. The van der Waals surface area contributed by atoms with Gasteiger partial charge in [0.2, 0.25) is 0 Å². The summed E-state index contributed by atoms with van der Waals surface area (Å²) in [4.78, 5) is 11.4. The standard InChI is InChI=1S/C21H22O3/c1-4-19(15-7-11-17(22)12-8-15)20(5-2)16-9-13-18(14-10-16)24-21(23)6-3/h4-5,7-14,22H,6H2,1-3H3/b19-4+,20-5+. The molecule has 24 heavy (non-hydrogen) atoms. The third-order valence-electron chi connectivity index (χ3n) is 3.73. The molecular weight excluding hydrogens is 300 g/mol. The molecule has 0 amide bonds. The number of phenols is 1. The lowest BCUT2D eigenvalue weighted by Crippen LogP contribution is -2.05. The average molecular weight is 322 g/mol. The van der Waals surface area contributed by atoms with Gasteiger partial charge in [0.15, 0.2) is 0 Å². The molecule has 0 aliphatic rings. The number of benzene rings is 2. The van der Waals surface area contributed by atoms with Gasteiger partial charge in [0.1, 0.15) is 11.5 Å². The van der Waals surface area contributed by atoms with Crippen molar-refractivity contribution in [1.82, 2.24) is 0 Å². The summed E-state index contributed by atoms with van der Waals surface area (Å²) in [6, 6.07) is 14.6. The summed E-state index contributed by atoms with van der Waals surface area (Å²) in [5.74, 6) is 0.554. The summed E-state index contributed by atoms with van der Waals surface area (Å²) in [7, 11) is 0. The number of allylic oxidation sites excluding steroid dienone is 4. The predicted molar refractivity (Wildman–Crippen MR) is 97.8 cm³/mol. The summed E-state index contributed by atoms with van der Waals surface area (Å²) < 4.78 is 5.22. The van der Waals surface area contributed by atoms with Gasteiger partial charge in [-0.1, -0.05) is 43.3 Å². The minimum Gasteiger partial charge on any atom is -0.508 e. The number of carbonyl (C=O) groups excluding carboxylic acids is 1. The fourth-order valence-electron chi connectivity index (χ4n) is 2.50. The summed E-state index contributed by atoms with van der Waals surface area (Å²) in [5, 5.41) is 9.47. The molecule has 0 fully saturated rings. The summed E-state index contributed by atoms with van der Waals surface area (Å²) >= 11 is 0. The van der Waals surface area contributed by atoms with E-state index in [0.717, 1.165) is 22.3 Å². The van der Waals surface area contributed by atoms with Gasteiger partial charge in [0, 0.05) is 6.42 Å². The fourth-order valence-corrected chi connectivity index (χ4v) is 2.50. The van der Waals surface area contributed by atoms with Crippen LogP contribution in [0.3, 0.4) is 0 Å². The zero-order chi connectivity index (χ0) is 17.5. The predicted octanol–water partition coefficient (Wildman–Crippen LogP) is 5.21. The Hall–Kier alpha value is -2.81. The molecule has 3 heteroatoms. The molecule has 0 bridgehead atoms. The molecule has 0 spiro atoms. The summed E-state index contributed by atoms with van der Waals surface area (Å²) in [6.45, 7) is 5.75. The van der Waals surface area contributed by atoms with Crippen molar-refractivity contribution in [1.29, 1.82) is 0 Å². The number of rotatable bonds is 5. The lowest BCUT2D eigenvalue weighted by molar-refractivity contribution is -0.134. The van der Waals surface area contributed by atoms with Crippen LogP contribution in [0, 0.1) is 0 Å². The monoisotopic (exact) mass is 322 g/mol. The lowest BCUT2D eigenvalue weighted by atomic mass is 9.92. The Kier molecular flexibility index (Phi) is 5.96. The van der Waals surface area contributed by atoms with E-state index in [1.165, 1.54) is 0 Å². The molecule has 0 aliphatic carbocycles. The quantitative estimate of drug-likeness (QED) is 0.467. The zero-order valence-electron chi connectivity index (χ0n) is 14.2. The Morgan fingerprint density at radius 3 is 1.79 bits per heavy atom. The first-order valence-corrected chi connectivity index (χ1v) is 8.02. The number of hydrogen-bond acceptors (Lipinski definition) is 3. The minimum absolute atomic E-state index is 0.243. The van der Waals surface area contributed by atoms with E-state index in [-0.39, 0.29) is 11.7 Å². The minimum atomic E-state index is -0.243. The van der Waals surface area contributed by atoms with Crippen molar-refractivity contribution in [2.75, 3.05) is 0 Å². The maximum Gasteiger partial charge on any atom is 0.310 e. The van der Waals surface area contributed by atoms with Crippen molar-refractivity contribution in [3.8, 4) is 11.5 Å². The third-order valence-corrected chi connectivity index (χ3v) is 3.73. The molecule has 0 atom stereocenters. The van der Waals surface area contributed by atoms with Gasteiger partial charge in [-0.05, 0) is 60.4 Å². The first kappa shape index (κ1) is 17.5. The van der Waals surface area contributed by atoms with E-state index in [1.54, 1.807) is 31.2 Å². The van der Waals surface area contributed by atoms with Crippen LogP contribution in [-0.4, -0.2) is 11.1 Å². The van der Waals surface area contributed by atoms with Crippen LogP contribution in [-0.2, 0) is 4.79 Å². The van der Waals surface area contributed by atoms with Crippen LogP contribution in [0.1, 0.15) is 38.3 Å². The van der Waals surface area contributed by atoms with Crippen molar-refractivity contribution < 1.29 is 14.6 Å². The van der Waals surface area contributed by atoms with E-state index in [9.17, 15) is 9.90 Å². The Labute approximate surface area is 142 Å². The molecule has 0 heterocycles. The van der Waals surface area contributed by atoms with E-state index in [2.05, 4.69) is 6.08 Å². The second-order valence-corrected chi connectivity index (χ2v) is 5.30. The van der Waals surface area contributed by atoms with Crippen LogP contribution in [0.4, 0.5) is 0 Å². The number of ether oxygens (including phenoxy) is 1. The van der Waals surface area contributed by atoms with Gasteiger partial charge in [-0.25, -0.2) is 0 Å². The van der Waals surface area contributed by atoms with E-state index in [1.807, 2.05) is 44.2 Å². The van der Waals surface area contributed by atoms with Crippen LogP contribution >= 0.6 is 0 Å². The molecule has 0 aromatic heterocycles. The SMILES string of the molecule is C/C=C(/C(=C/C)c1ccc(OC(=O)CC)cc1)c1ccc(O)cc1. The van der Waals surface area contributed by atoms with Crippen molar-refractivity contribution >= 4 is 17.1 Å². The number of aromatic hydroxyl groups is 1. The molecule has 124 valence electrons. The Balaban J connectivity index is 2.30. The smallest absolute Gasteiger partial charge is 0.310 e. The largest absolute Gasteiger partial charge is 0.508 e. The number of hydrogen-bond donors (Lipinski definition) is 1. The first-order valence-electron chi connectivity index (χ1n) is 8.02.